The number of aromatic nitrogens is 2. The van der Waals surface area contributed by atoms with Crippen molar-refractivity contribution in [2.45, 2.75) is 32.4 Å². The molecule has 1 aromatic heterocycles. The van der Waals surface area contributed by atoms with Crippen LogP contribution in [0.2, 0.25) is 0 Å². The fourth-order valence-electron chi connectivity index (χ4n) is 5.66. The molecule has 2 atom stereocenters. The first-order chi connectivity index (χ1) is 18.1. The van der Waals surface area contributed by atoms with Crippen molar-refractivity contribution in [3.05, 3.63) is 83.7 Å². The molecule has 0 bridgehead atoms. The van der Waals surface area contributed by atoms with Crippen molar-refractivity contribution in [3.8, 4) is 16.9 Å². The van der Waals surface area contributed by atoms with Gasteiger partial charge in [-0.15, -0.1) is 0 Å². The Kier molecular flexibility index (Phi) is 6.30. The number of likely N-dealkylation sites (tertiary alicyclic amines) is 1. The summed E-state index contributed by atoms with van der Waals surface area (Å²) in [5, 5.41) is 9.82. The van der Waals surface area contributed by atoms with Crippen LogP contribution in [0.25, 0.3) is 22.2 Å². The molecule has 2 aliphatic rings. The summed E-state index contributed by atoms with van der Waals surface area (Å²) in [6.07, 6.45) is 1.58. The first-order valence-corrected chi connectivity index (χ1v) is 13.0. The number of carbonyl (C=O) groups is 1. The Morgan fingerprint density at radius 2 is 1.89 bits per heavy atom. The van der Waals surface area contributed by atoms with Gasteiger partial charge in [0.05, 0.1) is 30.2 Å². The Morgan fingerprint density at radius 1 is 1.08 bits per heavy atom. The van der Waals surface area contributed by atoms with Crippen LogP contribution in [0, 0.1) is 12.8 Å². The van der Waals surface area contributed by atoms with E-state index in [0.29, 0.717) is 26.2 Å². The Hall–Kier alpha value is -3.84. The molecule has 3 aromatic carbocycles. The van der Waals surface area contributed by atoms with Gasteiger partial charge in [-0.3, -0.25) is 0 Å². The second-order valence-electron chi connectivity index (χ2n) is 10.1. The van der Waals surface area contributed by atoms with Crippen molar-refractivity contribution in [2.24, 2.45) is 5.92 Å². The SMILES string of the molecule is Cc1nc2ccc(-c3ccc4c(c3)CN(C(=O)N3CC[C@H](CO)C[C@@H]3c3ccccc3)CCO4)cc2[nH]1. The smallest absolute Gasteiger partial charge is 0.320 e. The molecule has 2 amide bonds. The normalized spacial score (nSPS) is 19.8. The number of aromatic amines is 1. The fraction of sp³-hybridized carbons (Fsp3) is 0.333. The summed E-state index contributed by atoms with van der Waals surface area (Å²) in [5.41, 5.74) is 6.26. The highest BCUT2D eigenvalue weighted by Crippen LogP contribution is 2.36. The Morgan fingerprint density at radius 3 is 2.73 bits per heavy atom. The number of piperidine rings is 1. The molecule has 0 unspecified atom stereocenters. The van der Waals surface area contributed by atoms with Gasteiger partial charge in [0, 0.05) is 18.7 Å². The van der Waals surface area contributed by atoms with Gasteiger partial charge in [0.2, 0.25) is 0 Å². The summed E-state index contributed by atoms with van der Waals surface area (Å²) in [4.78, 5) is 25.6. The highest BCUT2D eigenvalue weighted by Gasteiger charge is 2.35. The molecule has 0 saturated carbocycles. The van der Waals surface area contributed by atoms with Crippen LogP contribution in [-0.4, -0.2) is 57.2 Å². The maximum Gasteiger partial charge on any atom is 0.320 e. The molecule has 3 heterocycles. The van der Waals surface area contributed by atoms with E-state index >= 15 is 0 Å². The molecule has 2 aliphatic heterocycles. The molecule has 7 heteroatoms. The molecule has 190 valence electrons. The van der Waals surface area contributed by atoms with Crippen LogP contribution in [0.1, 0.15) is 35.8 Å². The third-order valence-electron chi connectivity index (χ3n) is 7.64. The molecular weight excluding hydrogens is 464 g/mol. The lowest BCUT2D eigenvalue weighted by atomic mass is 9.87. The number of ether oxygens (including phenoxy) is 1. The van der Waals surface area contributed by atoms with Crippen LogP contribution >= 0.6 is 0 Å². The van der Waals surface area contributed by atoms with Gasteiger partial charge in [0.25, 0.3) is 0 Å². The van der Waals surface area contributed by atoms with Gasteiger partial charge in [-0.05, 0) is 66.6 Å². The maximum absolute atomic E-state index is 13.9. The highest BCUT2D eigenvalue weighted by atomic mass is 16.5. The Balaban J connectivity index is 1.27. The van der Waals surface area contributed by atoms with Crippen LogP contribution < -0.4 is 4.74 Å². The van der Waals surface area contributed by atoms with E-state index in [0.717, 1.165) is 57.7 Å². The van der Waals surface area contributed by atoms with Crippen molar-refractivity contribution >= 4 is 17.1 Å². The number of urea groups is 1. The molecule has 6 rings (SSSR count). The summed E-state index contributed by atoms with van der Waals surface area (Å²) >= 11 is 0. The average molecular weight is 497 g/mol. The molecule has 0 spiro atoms. The summed E-state index contributed by atoms with van der Waals surface area (Å²) < 4.78 is 6.06. The summed E-state index contributed by atoms with van der Waals surface area (Å²) in [6.45, 7) is 4.24. The number of aryl methyl sites for hydroxylation is 1. The molecular formula is C30H32N4O3. The summed E-state index contributed by atoms with van der Waals surface area (Å²) in [5.74, 6) is 1.94. The van der Waals surface area contributed by atoms with Crippen LogP contribution in [-0.2, 0) is 6.54 Å². The number of H-pyrrole nitrogens is 1. The number of hydrogen-bond acceptors (Lipinski definition) is 4. The van der Waals surface area contributed by atoms with E-state index in [9.17, 15) is 9.90 Å². The van der Waals surface area contributed by atoms with E-state index in [-0.39, 0.29) is 24.6 Å². The van der Waals surface area contributed by atoms with Crippen molar-refractivity contribution in [1.82, 2.24) is 19.8 Å². The largest absolute Gasteiger partial charge is 0.491 e. The standard InChI is InChI=1S/C30H32N4O3/c1-20-31-26-9-7-24(17-27(26)32-20)23-8-10-29-25(16-23)18-33(13-14-37-29)30(36)34-12-11-21(19-35)15-28(34)22-5-3-2-4-6-22/h2-10,16-17,21,28,35H,11-15,18-19H2,1H3,(H,31,32)/t21-,28+/m0/s1. The minimum Gasteiger partial charge on any atom is -0.491 e. The molecule has 37 heavy (non-hydrogen) atoms. The minimum atomic E-state index is -0.0424. The predicted molar refractivity (Wildman–Crippen MR) is 143 cm³/mol. The van der Waals surface area contributed by atoms with Crippen LogP contribution in [0.15, 0.2) is 66.7 Å². The number of carbonyl (C=O) groups excluding carboxylic acids is 1. The number of aliphatic hydroxyl groups excluding tert-OH is 1. The number of nitrogens with zero attached hydrogens (tertiary/aromatic N) is 3. The first kappa shape index (κ1) is 23.6. The number of nitrogens with one attached hydrogen (secondary N) is 1. The number of rotatable bonds is 3. The van der Waals surface area contributed by atoms with Gasteiger partial charge in [0.15, 0.2) is 0 Å². The van der Waals surface area contributed by atoms with Crippen molar-refractivity contribution in [2.75, 3.05) is 26.3 Å². The number of fused-ring (bicyclic) bond motifs is 2. The van der Waals surface area contributed by atoms with E-state index in [2.05, 4.69) is 46.4 Å². The van der Waals surface area contributed by atoms with Gasteiger partial charge in [-0.1, -0.05) is 42.5 Å². The Bertz CT molecular complexity index is 1420. The molecule has 7 nitrogen and oxygen atoms in total. The number of amides is 2. The van der Waals surface area contributed by atoms with Gasteiger partial charge in [-0.2, -0.15) is 0 Å². The quantitative estimate of drug-likeness (QED) is 0.403. The van der Waals surface area contributed by atoms with E-state index in [1.54, 1.807) is 0 Å². The van der Waals surface area contributed by atoms with E-state index in [4.69, 9.17) is 4.74 Å². The minimum absolute atomic E-state index is 0.0291. The predicted octanol–water partition coefficient (Wildman–Crippen LogP) is 5.30. The number of aliphatic hydroxyl groups is 1. The highest BCUT2D eigenvalue weighted by molar-refractivity contribution is 5.82. The average Bonchev–Trinajstić information content (AvgIpc) is 3.18. The van der Waals surface area contributed by atoms with E-state index in [1.165, 1.54) is 0 Å². The van der Waals surface area contributed by atoms with Crippen molar-refractivity contribution in [1.29, 1.82) is 0 Å². The third-order valence-corrected chi connectivity index (χ3v) is 7.64. The molecule has 1 saturated heterocycles. The Labute approximate surface area is 216 Å². The van der Waals surface area contributed by atoms with E-state index < -0.39 is 0 Å². The van der Waals surface area contributed by atoms with Crippen LogP contribution in [0.4, 0.5) is 4.79 Å². The lowest BCUT2D eigenvalue weighted by Crippen LogP contribution is -2.48. The molecule has 4 aromatic rings. The maximum atomic E-state index is 13.9. The fourth-order valence-corrected chi connectivity index (χ4v) is 5.66. The number of hydrogen-bond donors (Lipinski definition) is 2. The van der Waals surface area contributed by atoms with Gasteiger partial charge in [0.1, 0.15) is 18.2 Å². The second kappa shape index (κ2) is 9.90. The molecule has 1 fully saturated rings. The zero-order chi connectivity index (χ0) is 25.4. The van der Waals surface area contributed by atoms with E-state index in [1.807, 2.05) is 47.1 Å². The number of imidazole rings is 1. The topological polar surface area (TPSA) is 81.7 Å². The van der Waals surface area contributed by atoms with Crippen LogP contribution in [0.3, 0.4) is 0 Å². The molecule has 2 N–H and O–H groups in total. The summed E-state index contributed by atoms with van der Waals surface area (Å²) in [7, 11) is 0. The lowest BCUT2D eigenvalue weighted by Gasteiger charge is -2.41. The molecule has 0 radical (unpaired) electrons. The van der Waals surface area contributed by atoms with Gasteiger partial charge < -0.3 is 24.6 Å². The monoisotopic (exact) mass is 496 g/mol. The third kappa shape index (κ3) is 4.67. The zero-order valence-electron chi connectivity index (χ0n) is 21.1. The molecule has 0 aliphatic carbocycles. The first-order valence-electron chi connectivity index (χ1n) is 13.0. The van der Waals surface area contributed by atoms with Gasteiger partial charge in [-0.25, -0.2) is 9.78 Å². The zero-order valence-corrected chi connectivity index (χ0v) is 21.1. The van der Waals surface area contributed by atoms with Gasteiger partial charge >= 0.3 is 6.03 Å². The second-order valence-corrected chi connectivity index (χ2v) is 10.1. The van der Waals surface area contributed by atoms with Crippen LogP contribution in [0.5, 0.6) is 5.75 Å². The lowest BCUT2D eigenvalue weighted by molar-refractivity contribution is 0.0760. The summed E-state index contributed by atoms with van der Waals surface area (Å²) in [6, 6.07) is 22.6. The van der Waals surface area contributed by atoms with Crippen molar-refractivity contribution < 1.29 is 14.6 Å². The number of benzene rings is 3. The van der Waals surface area contributed by atoms with Crippen molar-refractivity contribution in [3.63, 3.8) is 0 Å².